The van der Waals surface area contributed by atoms with Crippen LogP contribution >= 0.6 is 0 Å². The van der Waals surface area contributed by atoms with Crippen molar-refractivity contribution in [3.8, 4) is 0 Å². The maximum atomic E-state index is 5.42. The fraction of sp³-hybridized carbons (Fsp3) is 1.00. The van der Waals surface area contributed by atoms with Crippen molar-refractivity contribution in [1.82, 2.24) is 10.6 Å². The second kappa shape index (κ2) is 7.30. The van der Waals surface area contributed by atoms with E-state index in [1.54, 1.807) is 0 Å². The SMILES string of the molecule is NCCCCNCC1CCNCC1. The van der Waals surface area contributed by atoms with Crippen LogP contribution in [0.4, 0.5) is 0 Å². The van der Waals surface area contributed by atoms with Crippen LogP contribution < -0.4 is 16.4 Å². The first-order valence-electron chi connectivity index (χ1n) is 5.55. The van der Waals surface area contributed by atoms with Crippen LogP contribution in [0.5, 0.6) is 0 Å². The molecule has 0 amide bonds. The minimum atomic E-state index is 0.828. The first-order chi connectivity index (χ1) is 6.43. The molecule has 0 radical (unpaired) electrons. The van der Waals surface area contributed by atoms with Gasteiger partial charge in [-0.05, 0) is 64.3 Å². The summed E-state index contributed by atoms with van der Waals surface area (Å²) in [6.45, 7) is 5.58. The van der Waals surface area contributed by atoms with Gasteiger partial charge in [-0.15, -0.1) is 0 Å². The summed E-state index contributed by atoms with van der Waals surface area (Å²) in [5.41, 5.74) is 5.42. The Morgan fingerprint density at radius 3 is 2.69 bits per heavy atom. The smallest absolute Gasteiger partial charge is 0.00196 e. The van der Waals surface area contributed by atoms with Crippen LogP contribution in [-0.2, 0) is 0 Å². The summed E-state index contributed by atoms with van der Waals surface area (Å²) in [6, 6.07) is 0. The summed E-state index contributed by atoms with van der Waals surface area (Å²) in [5, 5.41) is 6.89. The lowest BCUT2D eigenvalue weighted by Crippen LogP contribution is -2.33. The van der Waals surface area contributed by atoms with Gasteiger partial charge in [0.15, 0.2) is 0 Å². The summed E-state index contributed by atoms with van der Waals surface area (Å²) < 4.78 is 0. The fourth-order valence-electron chi connectivity index (χ4n) is 1.79. The highest BCUT2D eigenvalue weighted by molar-refractivity contribution is 4.70. The normalized spacial score (nSPS) is 19.2. The Hall–Kier alpha value is -0.120. The molecule has 0 aromatic heterocycles. The molecule has 78 valence electrons. The number of unbranched alkanes of at least 4 members (excludes halogenated alkanes) is 1. The van der Waals surface area contributed by atoms with Gasteiger partial charge in [-0.2, -0.15) is 0 Å². The van der Waals surface area contributed by atoms with Gasteiger partial charge in [0.05, 0.1) is 0 Å². The van der Waals surface area contributed by atoms with Gasteiger partial charge in [0.25, 0.3) is 0 Å². The number of hydrogen-bond acceptors (Lipinski definition) is 3. The second-order valence-corrected chi connectivity index (χ2v) is 3.89. The minimum Gasteiger partial charge on any atom is -0.330 e. The van der Waals surface area contributed by atoms with E-state index in [1.807, 2.05) is 0 Å². The van der Waals surface area contributed by atoms with Crippen molar-refractivity contribution in [3.63, 3.8) is 0 Å². The quantitative estimate of drug-likeness (QED) is 0.522. The van der Waals surface area contributed by atoms with E-state index in [9.17, 15) is 0 Å². The lowest BCUT2D eigenvalue weighted by molar-refractivity contribution is 0.356. The Labute approximate surface area is 81.5 Å². The Kier molecular flexibility index (Phi) is 6.15. The summed E-state index contributed by atoms with van der Waals surface area (Å²) in [7, 11) is 0. The first kappa shape index (κ1) is 11.0. The molecule has 1 rings (SSSR count). The third-order valence-electron chi connectivity index (χ3n) is 2.70. The van der Waals surface area contributed by atoms with E-state index in [0.29, 0.717) is 0 Å². The maximum Gasteiger partial charge on any atom is -0.00196 e. The van der Waals surface area contributed by atoms with Gasteiger partial charge in [-0.25, -0.2) is 0 Å². The molecule has 1 fully saturated rings. The molecular formula is C10H23N3. The Bertz CT molecular complexity index is 111. The second-order valence-electron chi connectivity index (χ2n) is 3.89. The molecule has 1 saturated heterocycles. The largest absolute Gasteiger partial charge is 0.330 e. The Balaban J connectivity index is 1.86. The van der Waals surface area contributed by atoms with Gasteiger partial charge in [0, 0.05) is 0 Å². The van der Waals surface area contributed by atoms with Crippen molar-refractivity contribution >= 4 is 0 Å². The Morgan fingerprint density at radius 1 is 1.23 bits per heavy atom. The summed E-state index contributed by atoms with van der Waals surface area (Å²) >= 11 is 0. The highest BCUT2D eigenvalue weighted by atomic mass is 14.9. The van der Waals surface area contributed by atoms with Crippen molar-refractivity contribution in [3.05, 3.63) is 0 Å². The summed E-state index contributed by atoms with van der Waals surface area (Å²) in [4.78, 5) is 0. The van der Waals surface area contributed by atoms with Crippen molar-refractivity contribution in [2.45, 2.75) is 25.7 Å². The topological polar surface area (TPSA) is 50.1 Å². The number of rotatable bonds is 6. The molecule has 0 aromatic rings. The summed E-state index contributed by atoms with van der Waals surface area (Å²) in [5.74, 6) is 0.902. The monoisotopic (exact) mass is 185 g/mol. The number of nitrogens with one attached hydrogen (secondary N) is 2. The molecule has 4 N–H and O–H groups in total. The highest BCUT2D eigenvalue weighted by Gasteiger charge is 2.11. The first-order valence-corrected chi connectivity index (χ1v) is 5.55. The average Bonchev–Trinajstić information content (AvgIpc) is 2.19. The fourth-order valence-corrected chi connectivity index (χ4v) is 1.79. The van der Waals surface area contributed by atoms with Crippen LogP contribution in [0.1, 0.15) is 25.7 Å². The molecular weight excluding hydrogens is 162 g/mol. The molecule has 0 unspecified atom stereocenters. The van der Waals surface area contributed by atoms with Crippen LogP contribution in [0.15, 0.2) is 0 Å². The van der Waals surface area contributed by atoms with E-state index >= 15 is 0 Å². The minimum absolute atomic E-state index is 0.828. The standard InChI is InChI=1S/C10H23N3/c11-5-1-2-6-13-9-10-3-7-12-8-4-10/h10,12-13H,1-9,11H2. The van der Waals surface area contributed by atoms with Gasteiger partial charge in [-0.1, -0.05) is 0 Å². The molecule has 1 aliphatic rings. The highest BCUT2D eigenvalue weighted by Crippen LogP contribution is 2.09. The molecule has 1 aliphatic heterocycles. The molecule has 0 bridgehead atoms. The van der Waals surface area contributed by atoms with E-state index in [0.717, 1.165) is 25.4 Å². The van der Waals surface area contributed by atoms with Gasteiger partial charge in [0.2, 0.25) is 0 Å². The molecule has 13 heavy (non-hydrogen) atoms. The lowest BCUT2D eigenvalue weighted by atomic mass is 9.98. The zero-order chi connectivity index (χ0) is 9.36. The predicted molar refractivity (Wildman–Crippen MR) is 56.8 cm³/mol. The molecule has 0 aliphatic carbocycles. The summed E-state index contributed by atoms with van der Waals surface area (Å²) in [6.07, 6.45) is 5.05. The maximum absolute atomic E-state index is 5.42. The molecule has 0 saturated carbocycles. The molecule has 0 spiro atoms. The predicted octanol–water partition coefficient (Wildman–Crippen LogP) is 0.315. The van der Waals surface area contributed by atoms with Crippen LogP contribution in [0.25, 0.3) is 0 Å². The van der Waals surface area contributed by atoms with Gasteiger partial charge < -0.3 is 16.4 Å². The Morgan fingerprint density at radius 2 is 2.00 bits per heavy atom. The lowest BCUT2D eigenvalue weighted by Gasteiger charge is -2.22. The number of piperidine rings is 1. The molecule has 3 nitrogen and oxygen atoms in total. The van der Waals surface area contributed by atoms with Gasteiger partial charge in [-0.3, -0.25) is 0 Å². The zero-order valence-electron chi connectivity index (χ0n) is 8.52. The van der Waals surface area contributed by atoms with Crippen molar-refractivity contribution in [2.24, 2.45) is 11.7 Å². The number of hydrogen-bond donors (Lipinski definition) is 3. The van der Waals surface area contributed by atoms with Crippen molar-refractivity contribution < 1.29 is 0 Å². The number of nitrogens with two attached hydrogens (primary N) is 1. The van der Waals surface area contributed by atoms with Gasteiger partial charge in [0.1, 0.15) is 0 Å². The molecule has 3 heteroatoms. The van der Waals surface area contributed by atoms with Crippen LogP contribution in [0.3, 0.4) is 0 Å². The van der Waals surface area contributed by atoms with E-state index < -0.39 is 0 Å². The van der Waals surface area contributed by atoms with E-state index in [1.165, 1.54) is 38.9 Å². The van der Waals surface area contributed by atoms with Crippen LogP contribution in [0, 0.1) is 5.92 Å². The average molecular weight is 185 g/mol. The van der Waals surface area contributed by atoms with Crippen LogP contribution in [0.2, 0.25) is 0 Å². The third-order valence-corrected chi connectivity index (χ3v) is 2.70. The molecule has 1 heterocycles. The molecule has 0 atom stereocenters. The molecule has 0 aromatic carbocycles. The van der Waals surface area contributed by atoms with E-state index in [2.05, 4.69) is 10.6 Å². The zero-order valence-corrected chi connectivity index (χ0v) is 8.52. The van der Waals surface area contributed by atoms with Crippen molar-refractivity contribution in [2.75, 3.05) is 32.7 Å². The van der Waals surface area contributed by atoms with E-state index in [4.69, 9.17) is 5.73 Å². The van der Waals surface area contributed by atoms with Gasteiger partial charge >= 0.3 is 0 Å². The van der Waals surface area contributed by atoms with E-state index in [-0.39, 0.29) is 0 Å². The van der Waals surface area contributed by atoms with Crippen molar-refractivity contribution in [1.29, 1.82) is 0 Å². The van der Waals surface area contributed by atoms with Crippen LogP contribution in [-0.4, -0.2) is 32.7 Å². The third kappa shape index (κ3) is 5.24.